The monoisotopic (exact) mass is 260 g/mol. The fraction of sp³-hybridized carbons (Fsp3) is 0.333. The van der Waals surface area contributed by atoms with Crippen molar-refractivity contribution >= 4 is 15.9 Å². The lowest BCUT2D eigenvalue weighted by molar-refractivity contribution is 0.368. The van der Waals surface area contributed by atoms with E-state index >= 15 is 0 Å². The van der Waals surface area contributed by atoms with Crippen LogP contribution in [0.2, 0.25) is 0 Å². The van der Waals surface area contributed by atoms with Crippen molar-refractivity contribution in [1.29, 1.82) is 0 Å². The number of phenols is 1. The molecule has 0 aromatic heterocycles. The maximum absolute atomic E-state index is 9.73. The number of nitrogens with two attached hydrogens (primary N) is 2. The van der Waals surface area contributed by atoms with Crippen molar-refractivity contribution in [3.8, 4) is 11.5 Å². The summed E-state index contributed by atoms with van der Waals surface area (Å²) in [5.74, 6) is 0.437. The second-order valence-electron chi connectivity index (χ2n) is 2.89. The summed E-state index contributed by atoms with van der Waals surface area (Å²) < 4.78 is 5.78. The molecule has 78 valence electrons. The van der Waals surface area contributed by atoms with Gasteiger partial charge in [-0.3, -0.25) is 0 Å². The van der Waals surface area contributed by atoms with Gasteiger partial charge in [-0.25, -0.2) is 0 Å². The van der Waals surface area contributed by atoms with E-state index in [9.17, 15) is 5.11 Å². The van der Waals surface area contributed by atoms with Crippen LogP contribution in [0.3, 0.4) is 0 Å². The molecular weight excluding hydrogens is 248 g/mol. The SMILES string of the molecule is COc1cc(Br)cc(C(N)CN)c1O. The van der Waals surface area contributed by atoms with Gasteiger partial charge in [-0.2, -0.15) is 0 Å². The lowest BCUT2D eigenvalue weighted by atomic mass is 10.1. The van der Waals surface area contributed by atoms with Crippen LogP contribution in [0.5, 0.6) is 11.5 Å². The smallest absolute Gasteiger partial charge is 0.162 e. The Hall–Kier alpha value is -0.780. The largest absolute Gasteiger partial charge is 0.504 e. The standard InChI is InChI=1S/C9H13BrN2O2/c1-14-8-3-5(10)2-6(9(8)13)7(12)4-11/h2-3,7,13H,4,11-12H2,1H3. The normalized spacial score (nSPS) is 12.6. The van der Waals surface area contributed by atoms with Gasteiger partial charge in [-0.1, -0.05) is 15.9 Å². The molecule has 0 radical (unpaired) electrons. The summed E-state index contributed by atoms with van der Waals surface area (Å²) >= 11 is 3.30. The van der Waals surface area contributed by atoms with Gasteiger partial charge in [0, 0.05) is 22.6 Å². The van der Waals surface area contributed by atoms with Crippen molar-refractivity contribution in [3.05, 3.63) is 22.2 Å². The Morgan fingerprint density at radius 2 is 2.21 bits per heavy atom. The van der Waals surface area contributed by atoms with Crippen LogP contribution in [-0.2, 0) is 0 Å². The van der Waals surface area contributed by atoms with Gasteiger partial charge >= 0.3 is 0 Å². The first-order valence-corrected chi connectivity index (χ1v) is 4.91. The summed E-state index contributed by atoms with van der Waals surface area (Å²) in [6.07, 6.45) is 0. The third-order valence-corrected chi connectivity index (χ3v) is 2.40. The molecule has 0 heterocycles. The summed E-state index contributed by atoms with van der Waals surface area (Å²) in [5, 5.41) is 9.73. The molecular formula is C9H13BrN2O2. The predicted octanol–water partition coefficient (Wildman–Crippen LogP) is 1.12. The third kappa shape index (κ3) is 2.17. The molecule has 4 nitrogen and oxygen atoms in total. The molecule has 0 saturated heterocycles. The van der Waals surface area contributed by atoms with Gasteiger partial charge in [-0.15, -0.1) is 0 Å². The number of halogens is 1. The molecule has 0 aliphatic rings. The quantitative estimate of drug-likeness (QED) is 0.761. The predicted molar refractivity (Wildman–Crippen MR) is 58.3 cm³/mol. The second-order valence-corrected chi connectivity index (χ2v) is 3.80. The summed E-state index contributed by atoms with van der Waals surface area (Å²) in [7, 11) is 1.49. The van der Waals surface area contributed by atoms with Crippen molar-refractivity contribution < 1.29 is 9.84 Å². The highest BCUT2D eigenvalue weighted by Crippen LogP contribution is 2.35. The van der Waals surface area contributed by atoms with E-state index in [2.05, 4.69) is 15.9 Å². The zero-order valence-electron chi connectivity index (χ0n) is 7.83. The number of methoxy groups -OCH3 is 1. The highest BCUT2D eigenvalue weighted by molar-refractivity contribution is 9.10. The van der Waals surface area contributed by atoms with Crippen molar-refractivity contribution in [1.82, 2.24) is 0 Å². The van der Waals surface area contributed by atoms with Crippen LogP contribution < -0.4 is 16.2 Å². The van der Waals surface area contributed by atoms with E-state index in [0.29, 0.717) is 11.3 Å². The molecule has 0 spiro atoms. The van der Waals surface area contributed by atoms with Crippen LogP contribution >= 0.6 is 15.9 Å². The third-order valence-electron chi connectivity index (χ3n) is 1.94. The Labute approximate surface area is 91.0 Å². The topological polar surface area (TPSA) is 81.5 Å². The van der Waals surface area contributed by atoms with Gasteiger partial charge in [-0.05, 0) is 12.1 Å². The summed E-state index contributed by atoms with van der Waals surface area (Å²) in [4.78, 5) is 0. The van der Waals surface area contributed by atoms with E-state index < -0.39 is 0 Å². The number of ether oxygens (including phenoxy) is 1. The lowest BCUT2D eigenvalue weighted by Crippen LogP contribution is -2.20. The molecule has 1 unspecified atom stereocenters. The van der Waals surface area contributed by atoms with Gasteiger partial charge in [0.05, 0.1) is 7.11 Å². The number of benzene rings is 1. The molecule has 14 heavy (non-hydrogen) atoms. The van der Waals surface area contributed by atoms with E-state index in [1.165, 1.54) is 7.11 Å². The van der Waals surface area contributed by atoms with Crippen LogP contribution in [-0.4, -0.2) is 18.8 Å². The first-order chi connectivity index (χ1) is 6.60. The fourth-order valence-electron chi connectivity index (χ4n) is 1.16. The molecule has 5 heteroatoms. The molecule has 0 amide bonds. The molecule has 0 bridgehead atoms. The molecule has 1 aromatic carbocycles. The molecule has 0 fully saturated rings. The van der Waals surface area contributed by atoms with Gasteiger partial charge in [0.1, 0.15) is 0 Å². The number of phenolic OH excluding ortho intramolecular Hbond substituents is 1. The Bertz CT molecular complexity index is 331. The van der Waals surface area contributed by atoms with Crippen LogP contribution in [0.15, 0.2) is 16.6 Å². The molecule has 0 aliphatic carbocycles. The minimum atomic E-state index is -0.388. The van der Waals surface area contributed by atoms with Crippen LogP contribution in [0.1, 0.15) is 11.6 Å². The minimum Gasteiger partial charge on any atom is -0.504 e. The summed E-state index contributed by atoms with van der Waals surface area (Å²) in [6.45, 7) is 0.271. The maximum atomic E-state index is 9.73. The Balaban J connectivity index is 3.21. The van der Waals surface area contributed by atoms with Crippen LogP contribution in [0, 0.1) is 0 Å². The average molecular weight is 261 g/mol. The van der Waals surface area contributed by atoms with E-state index in [0.717, 1.165) is 4.47 Å². The summed E-state index contributed by atoms with van der Waals surface area (Å²) in [5.41, 5.74) is 11.7. The van der Waals surface area contributed by atoms with Crippen molar-refractivity contribution in [2.24, 2.45) is 11.5 Å². The van der Waals surface area contributed by atoms with Crippen molar-refractivity contribution in [3.63, 3.8) is 0 Å². The first kappa shape index (κ1) is 11.3. The molecule has 1 rings (SSSR count). The first-order valence-electron chi connectivity index (χ1n) is 4.12. The maximum Gasteiger partial charge on any atom is 0.162 e. The minimum absolute atomic E-state index is 0.0497. The number of aromatic hydroxyl groups is 1. The number of rotatable bonds is 3. The fourth-order valence-corrected chi connectivity index (χ4v) is 1.61. The van der Waals surface area contributed by atoms with E-state index in [1.54, 1.807) is 12.1 Å². The van der Waals surface area contributed by atoms with Gasteiger partial charge in [0.25, 0.3) is 0 Å². The van der Waals surface area contributed by atoms with Crippen molar-refractivity contribution in [2.45, 2.75) is 6.04 Å². The molecule has 0 aliphatic heterocycles. The average Bonchev–Trinajstić information content (AvgIpc) is 2.19. The molecule has 1 aromatic rings. The van der Waals surface area contributed by atoms with E-state index in [4.69, 9.17) is 16.2 Å². The van der Waals surface area contributed by atoms with Gasteiger partial charge in [0.15, 0.2) is 11.5 Å². The number of hydrogen-bond donors (Lipinski definition) is 3. The molecule has 0 saturated carbocycles. The highest BCUT2D eigenvalue weighted by atomic mass is 79.9. The van der Waals surface area contributed by atoms with Crippen molar-refractivity contribution in [2.75, 3.05) is 13.7 Å². The van der Waals surface area contributed by atoms with E-state index in [-0.39, 0.29) is 18.3 Å². The lowest BCUT2D eigenvalue weighted by Gasteiger charge is -2.14. The summed E-state index contributed by atoms with van der Waals surface area (Å²) in [6, 6.07) is 3.01. The second kappa shape index (κ2) is 4.63. The number of hydrogen-bond acceptors (Lipinski definition) is 4. The van der Waals surface area contributed by atoms with Crippen LogP contribution in [0.25, 0.3) is 0 Å². The Morgan fingerprint density at radius 3 is 2.71 bits per heavy atom. The van der Waals surface area contributed by atoms with Gasteiger partial charge in [0.2, 0.25) is 0 Å². The molecule has 1 atom stereocenters. The van der Waals surface area contributed by atoms with Gasteiger partial charge < -0.3 is 21.3 Å². The molecule has 5 N–H and O–H groups in total. The highest BCUT2D eigenvalue weighted by Gasteiger charge is 2.14. The van der Waals surface area contributed by atoms with E-state index in [1.807, 2.05) is 0 Å². The zero-order valence-corrected chi connectivity index (χ0v) is 9.41. The Morgan fingerprint density at radius 1 is 1.57 bits per heavy atom. The Kier molecular flexibility index (Phi) is 3.74. The van der Waals surface area contributed by atoms with Crippen LogP contribution in [0.4, 0.5) is 0 Å². The zero-order chi connectivity index (χ0) is 10.7.